The molecule has 9 heteroatoms. The van der Waals surface area contributed by atoms with Crippen LogP contribution in [0.3, 0.4) is 0 Å². The van der Waals surface area contributed by atoms with Gasteiger partial charge >= 0.3 is 6.18 Å². The molecule has 27 heavy (non-hydrogen) atoms. The second-order valence-electron chi connectivity index (χ2n) is 6.09. The van der Waals surface area contributed by atoms with Gasteiger partial charge in [0.15, 0.2) is 0 Å². The Labute approximate surface area is 167 Å². The Hall–Kier alpha value is -1.76. The number of oxime groups is 1. The fraction of sp³-hybridized carbons (Fsp3) is 0.222. The Kier molecular flexibility index (Phi) is 5.18. The molecule has 0 spiro atoms. The molecule has 0 amide bonds. The van der Waals surface area contributed by atoms with E-state index in [0.717, 1.165) is 12.1 Å². The van der Waals surface area contributed by atoms with Gasteiger partial charge in [-0.3, -0.25) is 4.79 Å². The highest BCUT2D eigenvalue weighted by Gasteiger charge is 2.62. The number of alkyl halides is 3. The lowest BCUT2D eigenvalue weighted by Gasteiger charge is -2.29. The first-order valence-electron chi connectivity index (χ1n) is 7.63. The zero-order chi connectivity index (χ0) is 20.0. The summed E-state index contributed by atoms with van der Waals surface area (Å²) in [6, 6.07) is 8.09. The summed E-state index contributed by atoms with van der Waals surface area (Å²) < 4.78 is 41.9. The first kappa shape index (κ1) is 20.0. The van der Waals surface area contributed by atoms with Crippen LogP contribution in [0.15, 0.2) is 41.6 Å². The van der Waals surface area contributed by atoms with E-state index >= 15 is 0 Å². The molecule has 0 fully saturated rings. The molecule has 0 radical (unpaired) electrons. The molecule has 0 aliphatic carbocycles. The maximum Gasteiger partial charge on any atom is 0.435 e. The van der Waals surface area contributed by atoms with Crippen molar-refractivity contribution >= 4 is 45.8 Å². The number of benzene rings is 2. The second kappa shape index (κ2) is 7.00. The Morgan fingerprint density at radius 2 is 1.78 bits per heavy atom. The van der Waals surface area contributed by atoms with Crippen molar-refractivity contribution < 1.29 is 22.8 Å². The van der Waals surface area contributed by atoms with Crippen LogP contribution in [0.2, 0.25) is 10.0 Å². The highest BCUT2D eigenvalue weighted by atomic mass is 35.5. The smallest absolute Gasteiger partial charge is 0.374 e. The van der Waals surface area contributed by atoms with Crippen LogP contribution in [0.25, 0.3) is 0 Å². The van der Waals surface area contributed by atoms with Gasteiger partial charge in [-0.15, -0.1) is 0 Å². The molecule has 0 bridgehead atoms. The molecule has 2 aromatic carbocycles. The van der Waals surface area contributed by atoms with Crippen LogP contribution in [0.1, 0.15) is 33.5 Å². The third-order valence-corrected chi connectivity index (χ3v) is 4.93. The number of aryl methyl sites for hydroxylation is 1. The molecular formula is C18H11Cl3F3NO2. The number of hydrogen-bond acceptors (Lipinski definition) is 3. The third kappa shape index (κ3) is 3.66. The van der Waals surface area contributed by atoms with Gasteiger partial charge in [-0.05, 0) is 60.0 Å². The Morgan fingerprint density at radius 3 is 2.30 bits per heavy atom. The van der Waals surface area contributed by atoms with E-state index in [1.807, 2.05) is 0 Å². The van der Waals surface area contributed by atoms with Crippen LogP contribution in [-0.2, 0) is 10.4 Å². The lowest BCUT2D eigenvalue weighted by molar-refractivity contribution is -0.275. The topological polar surface area (TPSA) is 38.7 Å². The van der Waals surface area contributed by atoms with Gasteiger partial charge in [-0.2, -0.15) is 13.2 Å². The number of carbonyl (C=O) groups excluding carboxylic acids is 1. The predicted molar refractivity (Wildman–Crippen MR) is 97.8 cm³/mol. The summed E-state index contributed by atoms with van der Waals surface area (Å²) >= 11 is 17.2. The average Bonchev–Trinajstić information content (AvgIpc) is 3.00. The van der Waals surface area contributed by atoms with Gasteiger partial charge in [0.2, 0.25) is 0 Å². The standard InChI is InChI=1S/C18H11Cl3F3NO2/c1-9-4-10(2-3-14(9)16(21)26)15-8-17(27-25-15,18(22,23)24)11-5-12(19)7-13(20)6-11/h2-7H,8H2,1H3/t17-/m0/s1. The summed E-state index contributed by atoms with van der Waals surface area (Å²) in [6.45, 7) is 1.63. The lowest BCUT2D eigenvalue weighted by Crippen LogP contribution is -2.42. The average molecular weight is 437 g/mol. The minimum absolute atomic E-state index is 0.0546. The van der Waals surface area contributed by atoms with Gasteiger partial charge in [0.1, 0.15) is 0 Å². The van der Waals surface area contributed by atoms with E-state index in [4.69, 9.17) is 39.6 Å². The largest absolute Gasteiger partial charge is 0.435 e. The van der Waals surface area contributed by atoms with E-state index < -0.39 is 23.4 Å². The van der Waals surface area contributed by atoms with Crippen LogP contribution in [0.5, 0.6) is 0 Å². The first-order valence-corrected chi connectivity index (χ1v) is 8.76. The van der Waals surface area contributed by atoms with Crippen molar-refractivity contribution in [3.63, 3.8) is 0 Å². The quantitative estimate of drug-likeness (QED) is 0.532. The summed E-state index contributed by atoms with van der Waals surface area (Å²) in [5, 5.41) is 3.13. The minimum Gasteiger partial charge on any atom is -0.374 e. The van der Waals surface area contributed by atoms with Crippen molar-refractivity contribution in [2.24, 2.45) is 5.16 Å². The SMILES string of the molecule is Cc1cc(C2=NO[C@@](c3cc(Cl)cc(Cl)c3)(C(F)(F)F)C2)ccc1C(=O)Cl. The molecule has 1 aliphatic heterocycles. The fourth-order valence-corrected chi connectivity index (χ4v) is 3.65. The molecule has 0 saturated carbocycles. The predicted octanol–water partition coefficient (Wildman–Crippen LogP) is 6.26. The fourth-order valence-electron chi connectivity index (χ4n) is 2.91. The van der Waals surface area contributed by atoms with Crippen molar-refractivity contribution in [1.29, 1.82) is 0 Å². The van der Waals surface area contributed by atoms with Crippen molar-refractivity contribution in [3.8, 4) is 0 Å². The molecule has 0 N–H and O–H groups in total. The molecule has 0 aromatic heterocycles. The van der Waals surface area contributed by atoms with E-state index in [1.54, 1.807) is 6.92 Å². The Bertz CT molecular complexity index is 939. The second-order valence-corrected chi connectivity index (χ2v) is 7.31. The molecule has 3 rings (SSSR count). The molecule has 1 heterocycles. The number of nitrogens with zero attached hydrogens (tertiary/aromatic N) is 1. The van der Waals surface area contributed by atoms with Crippen LogP contribution in [-0.4, -0.2) is 17.1 Å². The summed E-state index contributed by atoms with van der Waals surface area (Å²) in [5.74, 6) is 0. The van der Waals surface area contributed by atoms with Crippen LogP contribution < -0.4 is 0 Å². The number of hydrogen-bond donors (Lipinski definition) is 0. The minimum atomic E-state index is -4.77. The van der Waals surface area contributed by atoms with Gasteiger partial charge in [0.25, 0.3) is 10.8 Å². The monoisotopic (exact) mass is 435 g/mol. The van der Waals surface area contributed by atoms with Crippen molar-refractivity contribution in [2.45, 2.75) is 25.1 Å². The number of halogens is 6. The Balaban J connectivity index is 2.02. The maximum absolute atomic E-state index is 14.0. The lowest BCUT2D eigenvalue weighted by atomic mass is 9.86. The van der Waals surface area contributed by atoms with E-state index in [0.29, 0.717) is 11.1 Å². The van der Waals surface area contributed by atoms with Gasteiger partial charge in [-0.1, -0.05) is 34.4 Å². The summed E-state index contributed by atoms with van der Waals surface area (Å²) in [6.07, 6.45) is -5.34. The maximum atomic E-state index is 14.0. The Morgan fingerprint density at radius 1 is 1.15 bits per heavy atom. The van der Waals surface area contributed by atoms with Crippen LogP contribution in [0, 0.1) is 6.92 Å². The molecule has 0 unspecified atom stereocenters. The van der Waals surface area contributed by atoms with E-state index in [9.17, 15) is 18.0 Å². The molecule has 0 saturated heterocycles. The summed E-state index contributed by atoms with van der Waals surface area (Å²) in [5.41, 5.74) is -1.68. The molecule has 1 atom stereocenters. The molecular weight excluding hydrogens is 426 g/mol. The van der Waals surface area contributed by atoms with E-state index in [1.165, 1.54) is 24.3 Å². The number of carbonyl (C=O) groups is 1. The highest BCUT2D eigenvalue weighted by Crippen LogP contribution is 2.49. The van der Waals surface area contributed by atoms with Gasteiger partial charge in [0, 0.05) is 27.6 Å². The normalized spacial score (nSPS) is 19.6. The van der Waals surface area contributed by atoms with E-state index in [-0.39, 0.29) is 26.9 Å². The van der Waals surface area contributed by atoms with Crippen molar-refractivity contribution in [2.75, 3.05) is 0 Å². The van der Waals surface area contributed by atoms with Crippen LogP contribution in [0.4, 0.5) is 13.2 Å². The van der Waals surface area contributed by atoms with Crippen molar-refractivity contribution in [1.82, 2.24) is 0 Å². The van der Waals surface area contributed by atoms with Gasteiger partial charge < -0.3 is 4.84 Å². The first-order chi connectivity index (χ1) is 12.5. The highest BCUT2D eigenvalue weighted by molar-refractivity contribution is 6.67. The summed E-state index contributed by atoms with van der Waals surface area (Å²) in [7, 11) is 0. The molecule has 1 aliphatic rings. The molecule has 2 aromatic rings. The zero-order valence-corrected chi connectivity index (χ0v) is 16.0. The zero-order valence-electron chi connectivity index (χ0n) is 13.7. The molecule has 142 valence electrons. The molecule has 3 nitrogen and oxygen atoms in total. The van der Waals surface area contributed by atoms with Gasteiger partial charge in [0.05, 0.1) is 5.71 Å². The summed E-state index contributed by atoms with van der Waals surface area (Å²) in [4.78, 5) is 16.3. The van der Waals surface area contributed by atoms with E-state index in [2.05, 4.69) is 5.16 Å². The van der Waals surface area contributed by atoms with Crippen molar-refractivity contribution in [3.05, 3.63) is 68.7 Å². The van der Waals surface area contributed by atoms with Crippen LogP contribution >= 0.6 is 34.8 Å². The number of rotatable bonds is 3. The third-order valence-electron chi connectivity index (χ3n) is 4.29. The van der Waals surface area contributed by atoms with Gasteiger partial charge in [-0.25, -0.2) is 0 Å².